The number of benzene rings is 1. The standard InChI is InChI=1S/C12H15NO3.ClH/c1-2-3-10(14)8-6-11-12(7-9(8)13)16-5-4-15-11;/h6-7H,2-5,13H2,1H3;1H. The molecule has 5 heteroatoms. The maximum atomic E-state index is 11.8. The lowest BCUT2D eigenvalue weighted by Crippen LogP contribution is -2.16. The SMILES string of the molecule is CCCC(=O)c1cc2c(cc1N)OCCO2.Cl. The third-order valence-electron chi connectivity index (χ3n) is 2.49. The van der Waals surface area contributed by atoms with Gasteiger partial charge in [-0.25, -0.2) is 0 Å². The van der Waals surface area contributed by atoms with Crippen LogP contribution >= 0.6 is 12.4 Å². The van der Waals surface area contributed by atoms with Gasteiger partial charge < -0.3 is 15.2 Å². The highest BCUT2D eigenvalue weighted by Crippen LogP contribution is 2.34. The Hall–Kier alpha value is -1.42. The molecule has 0 aliphatic carbocycles. The topological polar surface area (TPSA) is 61.6 Å². The molecule has 0 bridgehead atoms. The largest absolute Gasteiger partial charge is 0.486 e. The van der Waals surface area contributed by atoms with E-state index in [2.05, 4.69) is 0 Å². The van der Waals surface area contributed by atoms with Crippen LogP contribution in [0.3, 0.4) is 0 Å². The van der Waals surface area contributed by atoms with Gasteiger partial charge in [0, 0.05) is 23.7 Å². The summed E-state index contributed by atoms with van der Waals surface area (Å²) in [5.74, 6) is 1.29. The molecule has 17 heavy (non-hydrogen) atoms. The molecule has 0 radical (unpaired) electrons. The average molecular weight is 258 g/mol. The first-order valence-electron chi connectivity index (χ1n) is 5.44. The van der Waals surface area contributed by atoms with E-state index in [0.717, 1.165) is 6.42 Å². The molecule has 94 valence electrons. The predicted octanol–water partition coefficient (Wildman–Crippen LogP) is 2.44. The fourth-order valence-corrected chi connectivity index (χ4v) is 1.71. The van der Waals surface area contributed by atoms with Crippen LogP contribution in [0.2, 0.25) is 0 Å². The molecule has 1 aromatic rings. The summed E-state index contributed by atoms with van der Waals surface area (Å²) in [6.07, 6.45) is 1.32. The van der Waals surface area contributed by atoms with Gasteiger partial charge in [0.2, 0.25) is 0 Å². The Labute approximate surface area is 106 Å². The van der Waals surface area contributed by atoms with Crippen molar-refractivity contribution in [3.8, 4) is 11.5 Å². The van der Waals surface area contributed by atoms with E-state index in [1.165, 1.54) is 0 Å². The number of carbonyl (C=O) groups excluding carboxylic acids is 1. The first kappa shape index (κ1) is 13.6. The quantitative estimate of drug-likeness (QED) is 0.667. The summed E-state index contributed by atoms with van der Waals surface area (Å²) in [5, 5.41) is 0. The minimum Gasteiger partial charge on any atom is -0.486 e. The normalized spacial score (nSPS) is 12.8. The molecule has 0 fully saturated rings. The van der Waals surface area contributed by atoms with Crippen molar-refractivity contribution >= 4 is 23.9 Å². The monoisotopic (exact) mass is 257 g/mol. The van der Waals surface area contributed by atoms with Gasteiger partial charge in [0.05, 0.1) is 0 Å². The van der Waals surface area contributed by atoms with Gasteiger partial charge in [0.1, 0.15) is 13.2 Å². The maximum Gasteiger partial charge on any atom is 0.165 e. The first-order valence-corrected chi connectivity index (χ1v) is 5.44. The van der Waals surface area contributed by atoms with E-state index in [0.29, 0.717) is 42.4 Å². The molecule has 0 saturated heterocycles. The molecule has 2 N–H and O–H groups in total. The van der Waals surface area contributed by atoms with Gasteiger partial charge in [-0.1, -0.05) is 6.92 Å². The predicted molar refractivity (Wildman–Crippen MR) is 68.3 cm³/mol. The van der Waals surface area contributed by atoms with Crippen molar-refractivity contribution in [3.63, 3.8) is 0 Å². The number of hydrogen-bond donors (Lipinski definition) is 1. The molecule has 1 aliphatic rings. The number of fused-ring (bicyclic) bond motifs is 1. The van der Waals surface area contributed by atoms with Crippen molar-refractivity contribution in [1.29, 1.82) is 0 Å². The molecule has 0 unspecified atom stereocenters. The molecule has 0 aromatic heterocycles. The van der Waals surface area contributed by atoms with Gasteiger partial charge in [-0.05, 0) is 12.5 Å². The number of carbonyl (C=O) groups is 1. The molecular weight excluding hydrogens is 242 g/mol. The zero-order valence-electron chi connectivity index (χ0n) is 9.69. The fraction of sp³-hybridized carbons (Fsp3) is 0.417. The summed E-state index contributed by atoms with van der Waals surface area (Å²) >= 11 is 0. The molecule has 4 nitrogen and oxygen atoms in total. The van der Waals surface area contributed by atoms with Crippen molar-refractivity contribution in [1.82, 2.24) is 0 Å². The number of rotatable bonds is 3. The highest BCUT2D eigenvalue weighted by atomic mass is 35.5. The number of anilines is 1. The molecule has 0 spiro atoms. The second-order valence-corrected chi connectivity index (χ2v) is 3.76. The van der Waals surface area contributed by atoms with E-state index in [1.807, 2.05) is 6.92 Å². The van der Waals surface area contributed by atoms with E-state index in [1.54, 1.807) is 12.1 Å². The lowest BCUT2D eigenvalue weighted by molar-refractivity contribution is 0.0981. The smallest absolute Gasteiger partial charge is 0.165 e. The van der Waals surface area contributed by atoms with Gasteiger partial charge in [-0.3, -0.25) is 4.79 Å². The molecule has 1 aromatic carbocycles. The van der Waals surface area contributed by atoms with Crippen LogP contribution in [0.4, 0.5) is 5.69 Å². The molecule has 0 saturated carbocycles. The number of ketones is 1. The van der Waals surface area contributed by atoms with Gasteiger partial charge in [-0.2, -0.15) is 0 Å². The van der Waals surface area contributed by atoms with Gasteiger partial charge in [-0.15, -0.1) is 12.4 Å². The van der Waals surface area contributed by atoms with E-state index in [-0.39, 0.29) is 18.2 Å². The maximum absolute atomic E-state index is 11.8. The molecule has 2 rings (SSSR count). The van der Waals surface area contributed by atoms with Crippen LogP contribution in [0.1, 0.15) is 30.1 Å². The van der Waals surface area contributed by atoms with Crippen LogP contribution in [0.15, 0.2) is 12.1 Å². The molecule has 0 amide bonds. The van der Waals surface area contributed by atoms with E-state index >= 15 is 0 Å². The summed E-state index contributed by atoms with van der Waals surface area (Å²) in [6, 6.07) is 3.35. The van der Waals surface area contributed by atoms with Gasteiger partial charge >= 0.3 is 0 Å². The zero-order valence-corrected chi connectivity index (χ0v) is 10.5. The zero-order chi connectivity index (χ0) is 11.5. The number of halogens is 1. The van der Waals surface area contributed by atoms with Crippen LogP contribution < -0.4 is 15.2 Å². The van der Waals surface area contributed by atoms with Crippen LogP contribution in [-0.2, 0) is 0 Å². The Bertz CT molecular complexity index is 420. The second-order valence-electron chi connectivity index (χ2n) is 3.76. The van der Waals surface area contributed by atoms with Crippen LogP contribution in [0.5, 0.6) is 11.5 Å². The highest BCUT2D eigenvalue weighted by Gasteiger charge is 2.17. The van der Waals surface area contributed by atoms with Crippen LogP contribution in [0, 0.1) is 0 Å². The van der Waals surface area contributed by atoms with Crippen LogP contribution in [0.25, 0.3) is 0 Å². The number of nitrogen functional groups attached to an aromatic ring is 1. The number of nitrogens with two attached hydrogens (primary N) is 1. The van der Waals surface area contributed by atoms with Crippen molar-refractivity contribution in [2.75, 3.05) is 18.9 Å². The Balaban J connectivity index is 0.00000144. The summed E-state index contributed by atoms with van der Waals surface area (Å²) in [5.41, 5.74) is 6.81. The van der Waals surface area contributed by atoms with Crippen molar-refractivity contribution < 1.29 is 14.3 Å². The Morgan fingerprint density at radius 3 is 2.47 bits per heavy atom. The minimum absolute atomic E-state index is 0. The summed E-state index contributed by atoms with van der Waals surface area (Å²) in [7, 11) is 0. The molecular formula is C12H16ClNO3. The Kier molecular flexibility index (Phi) is 4.63. The minimum atomic E-state index is 0. The average Bonchev–Trinajstić information content (AvgIpc) is 2.28. The van der Waals surface area contributed by atoms with Crippen molar-refractivity contribution in [3.05, 3.63) is 17.7 Å². The van der Waals surface area contributed by atoms with Crippen molar-refractivity contribution in [2.45, 2.75) is 19.8 Å². The Morgan fingerprint density at radius 1 is 1.29 bits per heavy atom. The number of Topliss-reactive ketones (excluding diaryl/α,β-unsaturated/α-hetero) is 1. The molecule has 1 heterocycles. The summed E-state index contributed by atoms with van der Waals surface area (Å²) in [4.78, 5) is 11.8. The summed E-state index contributed by atoms with van der Waals surface area (Å²) in [6.45, 7) is 3.00. The number of ether oxygens (including phenoxy) is 2. The Morgan fingerprint density at radius 2 is 1.88 bits per heavy atom. The summed E-state index contributed by atoms with van der Waals surface area (Å²) < 4.78 is 10.8. The van der Waals surface area contributed by atoms with Gasteiger partial charge in [0.15, 0.2) is 17.3 Å². The highest BCUT2D eigenvalue weighted by molar-refractivity contribution is 6.01. The molecule has 1 aliphatic heterocycles. The second kappa shape index (κ2) is 5.77. The fourth-order valence-electron chi connectivity index (χ4n) is 1.71. The van der Waals surface area contributed by atoms with Crippen molar-refractivity contribution in [2.24, 2.45) is 0 Å². The lowest BCUT2D eigenvalue weighted by atomic mass is 10.0. The van der Waals surface area contributed by atoms with E-state index in [4.69, 9.17) is 15.2 Å². The first-order chi connectivity index (χ1) is 7.72. The van der Waals surface area contributed by atoms with Crippen LogP contribution in [-0.4, -0.2) is 19.0 Å². The van der Waals surface area contributed by atoms with Gasteiger partial charge in [0.25, 0.3) is 0 Å². The van der Waals surface area contributed by atoms with E-state index < -0.39 is 0 Å². The lowest BCUT2D eigenvalue weighted by Gasteiger charge is -2.19. The number of hydrogen-bond acceptors (Lipinski definition) is 4. The van der Waals surface area contributed by atoms with E-state index in [9.17, 15) is 4.79 Å². The molecule has 0 atom stereocenters. The third-order valence-corrected chi connectivity index (χ3v) is 2.49. The third kappa shape index (κ3) is 2.82.